The molecule has 25 heavy (non-hydrogen) atoms. The third-order valence-electron chi connectivity index (χ3n) is 5.03. The van der Waals surface area contributed by atoms with Gasteiger partial charge in [-0.15, -0.1) is 0 Å². The normalized spacial score (nSPS) is 16.9. The fourth-order valence-corrected chi connectivity index (χ4v) is 3.23. The second kappa shape index (κ2) is 6.92. The van der Waals surface area contributed by atoms with Crippen molar-refractivity contribution in [3.63, 3.8) is 0 Å². The minimum absolute atomic E-state index is 0.0223. The zero-order chi connectivity index (χ0) is 18.1. The molecule has 0 N–H and O–H groups in total. The van der Waals surface area contributed by atoms with E-state index in [1.54, 1.807) is 15.8 Å². The van der Waals surface area contributed by atoms with Crippen LogP contribution in [-0.4, -0.2) is 51.7 Å². The summed E-state index contributed by atoms with van der Waals surface area (Å²) in [5, 5.41) is 4.12. The van der Waals surface area contributed by atoms with Gasteiger partial charge >= 0.3 is 0 Å². The van der Waals surface area contributed by atoms with Crippen LogP contribution in [0.4, 0.5) is 8.78 Å². The van der Waals surface area contributed by atoms with Crippen LogP contribution in [0.25, 0.3) is 0 Å². The van der Waals surface area contributed by atoms with E-state index in [-0.39, 0.29) is 11.9 Å². The first-order valence-corrected chi connectivity index (χ1v) is 8.35. The summed E-state index contributed by atoms with van der Waals surface area (Å²) in [7, 11) is 1.81. The number of amides is 1. The second-order valence-corrected chi connectivity index (χ2v) is 6.44. The first kappa shape index (κ1) is 17.5. The smallest absolute Gasteiger partial charge is 0.257 e. The van der Waals surface area contributed by atoms with Crippen molar-refractivity contribution < 1.29 is 13.6 Å². The van der Waals surface area contributed by atoms with Gasteiger partial charge in [0.15, 0.2) is 0 Å². The lowest BCUT2D eigenvalue weighted by Gasteiger charge is -2.38. The van der Waals surface area contributed by atoms with Gasteiger partial charge in [-0.05, 0) is 19.9 Å². The van der Waals surface area contributed by atoms with Crippen molar-refractivity contribution >= 4 is 5.91 Å². The SMILES string of the molecule is Cc1c(C(=O)N2CCN([C@@H](C)c3ccc(F)cc3F)CC2)cnn1C. The van der Waals surface area contributed by atoms with Crippen LogP contribution in [0.2, 0.25) is 0 Å². The van der Waals surface area contributed by atoms with E-state index in [9.17, 15) is 13.6 Å². The van der Waals surface area contributed by atoms with Crippen LogP contribution in [0, 0.1) is 18.6 Å². The fourth-order valence-electron chi connectivity index (χ4n) is 3.23. The molecule has 0 unspecified atom stereocenters. The molecule has 0 radical (unpaired) electrons. The maximum atomic E-state index is 14.0. The Kier molecular flexibility index (Phi) is 4.85. The summed E-state index contributed by atoms with van der Waals surface area (Å²) in [6.07, 6.45) is 1.60. The molecule has 1 aliphatic heterocycles. The number of hydrogen-bond donors (Lipinski definition) is 0. The van der Waals surface area contributed by atoms with Gasteiger partial charge in [0.25, 0.3) is 5.91 Å². The molecular weight excluding hydrogens is 326 g/mol. The molecule has 0 spiro atoms. The number of piperazine rings is 1. The average Bonchev–Trinajstić information content (AvgIpc) is 2.93. The van der Waals surface area contributed by atoms with Crippen molar-refractivity contribution in [2.75, 3.05) is 26.2 Å². The minimum atomic E-state index is -0.573. The highest BCUT2D eigenvalue weighted by molar-refractivity contribution is 5.95. The van der Waals surface area contributed by atoms with E-state index in [1.165, 1.54) is 12.1 Å². The quantitative estimate of drug-likeness (QED) is 0.856. The molecule has 1 saturated heterocycles. The van der Waals surface area contributed by atoms with Gasteiger partial charge in [0.1, 0.15) is 11.6 Å². The molecule has 7 heteroatoms. The predicted molar refractivity (Wildman–Crippen MR) is 90.2 cm³/mol. The molecule has 1 aromatic carbocycles. The Balaban J connectivity index is 1.65. The summed E-state index contributed by atoms with van der Waals surface area (Å²) in [5.41, 5.74) is 1.94. The first-order chi connectivity index (χ1) is 11.9. The highest BCUT2D eigenvalue weighted by atomic mass is 19.1. The number of rotatable bonds is 3. The molecule has 0 bridgehead atoms. The Bertz CT molecular complexity index is 781. The Morgan fingerprint density at radius 1 is 1.20 bits per heavy atom. The Morgan fingerprint density at radius 2 is 1.88 bits per heavy atom. The number of nitrogens with zero attached hydrogens (tertiary/aromatic N) is 4. The molecule has 1 aliphatic rings. The summed E-state index contributed by atoms with van der Waals surface area (Å²) >= 11 is 0. The third-order valence-corrected chi connectivity index (χ3v) is 5.03. The van der Waals surface area contributed by atoms with Crippen LogP contribution >= 0.6 is 0 Å². The van der Waals surface area contributed by atoms with Gasteiger partial charge in [0, 0.05) is 56.6 Å². The number of hydrogen-bond acceptors (Lipinski definition) is 3. The van der Waals surface area contributed by atoms with Crippen molar-refractivity contribution in [3.8, 4) is 0 Å². The molecule has 0 aliphatic carbocycles. The van der Waals surface area contributed by atoms with Gasteiger partial charge in [-0.3, -0.25) is 14.4 Å². The molecule has 2 heterocycles. The Hall–Kier alpha value is -2.28. The zero-order valence-electron chi connectivity index (χ0n) is 14.7. The molecule has 3 rings (SSSR count). The maximum Gasteiger partial charge on any atom is 0.257 e. The lowest BCUT2D eigenvalue weighted by atomic mass is 10.0. The van der Waals surface area contributed by atoms with E-state index < -0.39 is 11.6 Å². The molecule has 0 saturated carbocycles. The monoisotopic (exact) mass is 348 g/mol. The Morgan fingerprint density at radius 3 is 2.44 bits per heavy atom. The van der Waals surface area contributed by atoms with Gasteiger partial charge < -0.3 is 4.90 Å². The second-order valence-electron chi connectivity index (χ2n) is 6.44. The number of carbonyl (C=O) groups is 1. The largest absolute Gasteiger partial charge is 0.336 e. The van der Waals surface area contributed by atoms with Gasteiger partial charge in [-0.1, -0.05) is 6.07 Å². The summed E-state index contributed by atoms with van der Waals surface area (Å²) < 4.78 is 28.8. The van der Waals surface area contributed by atoms with Crippen molar-refractivity contribution in [1.29, 1.82) is 0 Å². The lowest BCUT2D eigenvalue weighted by Crippen LogP contribution is -2.49. The van der Waals surface area contributed by atoms with Crippen LogP contribution in [0.3, 0.4) is 0 Å². The van der Waals surface area contributed by atoms with Crippen LogP contribution in [0.15, 0.2) is 24.4 Å². The van der Waals surface area contributed by atoms with Crippen molar-refractivity contribution in [2.45, 2.75) is 19.9 Å². The van der Waals surface area contributed by atoms with Crippen LogP contribution < -0.4 is 0 Å². The first-order valence-electron chi connectivity index (χ1n) is 8.35. The van der Waals surface area contributed by atoms with Crippen LogP contribution in [0.1, 0.15) is 34.6 Å². The van der Waals surface area contributed by atoms with E-state index in [1.807, 2.05) is 20.9 Å². The van der Waals surface area contributed by atoms with Gasteiger partial charge in [-0.25, -0.2) is 8.78 Å². The highest BCUT2D eigenvalue weighted by Crippen LogP contribution is 2.25. The van der Waals surface area contributed by atoms with Gasteiger partial charge in [0.2, 0.25) is 0 Å². The van der Waals surface area contributed by atoms with E-state index in [4.69, 9.17) is 0 Å². The Labute approximate surface area is 145 Å². The number of halogens is 2. The molecule has 2 aromatic rings. The van der Waals surface area contributed by atoms with Crippen LogP contribution in [-0.2, 0) is 7.05 Å². The van der Waals surface area contributed by atoms with Crippen molar-refractivity contribution in [3.05, 3.63) is 52.9 Å². The topological polar surface area (TPSA) is 41.4 Å². The molecular formula is C18H22F2N4O. The molecule has 1 fully saturated rings. The standard InChI is InChI=1S/C18H22F2N4O/c1-12-16(11-21-22(12)3)18(25)24-8-6-23(7-9-24)13(2)15-5-4-14(19)10-17(15)20/h4-5,10-11,13H,6-9H2,1-3H3/t13-/m0/s1. The summed E-state index contributed by atoms with van der Waals surface area (Å²) in [5.74, 6) is -1.13. The highest BCUT2D eigenvalue weighted by Gasteiger charge is 2.28. The summed E-state index contributed by atoms with van der Waals surface area (Å²) in [6, 6.07) is 3.51. The lowest BCUT2D eigenvalue weighted by molar-refractivity contribution is 0.0578. The predicted octanol–water partition coefficient (Wildman–Crippen LogP) is 2.53. The molecule has 134 valence electrons. The third kappa shape index (κ3) is 3.42. The van der Waals surface area contributed by atoms with E-state index in [0.717, 1.165) is 11.8 Å². The number of aryl methyl sites for hydroxylation is 1. The van der Waals surface area contributed by atoms with Gasteiger partial charge in [0.05, 0.1) is 11.8 Å². The van der Waals surface area contributed by atoms with Crippen molar-refractivity contribution in [1.82, 2.24) is 19.6 Å². The van der Waals surface area contributed by atoms with E-state index in [0.29, 0.717) is 37.3 Å². The summed E-state index contributed by atoms with van der Waals surface area (Å²) in [4.78, 5) is 16.5. The summed E-state index contributed by atoms with van der Waals surface area (Å²) in [6.45, 7) is 6.20. The van der Waals surface area contributed by atoms with E-state index in [2.05, 4.69) is 10.00 Å². The number of carbonyl (C=O) groups excluding carboxylic acids is 1. The average molecular weight is 348 g/mol. The molecule has 1 amide bonds. The zero-order valence-corrected chi connectivity index (χ0v) is 14.7. The molecule has 1 atom stereocenters. The minimum Gasteiger partial charge on any atom is -0.336 e. The van der Waals surface area contributed by atoms with Gasteiger partial charge in [-0.2, -0.15) is 5.10 Å². The molecule has 5 nitrogen and oxygen atoms in total. The fraction of sp³-hybridized carbons (Fsp3) is 0.444. The maximum absolute atomic E-state index is 14.0. The van der Waals surface area contributed by atoms with Crippen molar-refractivity contribution in [2.24, 2.45) is 7.05 Å². The van der Waals surface area contributed by atoms with E-state index >= 15 is 0 Å². The number of benzene rings is 1. The van der Waals surface area contributed by atoms with Crippen LogP contribution in [0.5, 0.6) is 0 Å². The molecule has 1 aromatic heterocycles. The number of aromatic nitrogens is 2.